The highest BCUT2D eigenvalue weighted by molar-refractivity contribution is 5.77. The highest BCUT2D eigenvalue weighted by Gasteiger charge is 2.32. The summed E-state index contributed by atoms with van der Waals surface area (Å²) in [4.78, 5) is 23.0. The largest absolute Gasteiger partial charge is 0.359 e. The van der Waals surface area contributed by atoms with Gasteiger partial charge in [-0.1, -0.05) is 16.4 Å². The molecule has 1 atom stereocenters. The van der Waals surface area contributed by atoms with Crippen LogP contribution in [0.5, 0.6) is 0 Å². The molecule has 4 rings (SSSR count). The highest BCUT2D eigenvalue weighted by atomic mass is 16.5. The molecule has 26 heavy (non-hydrogen) atoms. The van der Waals surface area contributed by atoms with Crippen molar-refractivity contribution in [3.8, 4) is 11.5 Å². The molecule has 1 amide bonds. The van der Waals surface area contributed by atoms with Gasteiger partial charge in [0.25, 0.3) is 0 Å². The molecule has 1 fully saturated rings. The van der Waals surface area contributed by atoms with Gasteiger partial charge in [-0.25, -0.2) is 0 Å². The van der Waals surface area contributed by atoms with Crippen molar-refractivity contribution in [1.29, 1.82) is 0 Å². The lowest BCUT2D eigenvalue weighted by atomic mass is 10.1. The number of hydrogen-bond acceptors (Lipinski definition) is 7. The van der Waals surface area contributed by atoms with E-state index in [1.807, 2.05) is 36.1 Å². The lowest BCUT2D eigenvalue weighted by Gasteiger charge is -2.22. The van der Waals surface area contributed by atoms with E-state index in [1.165, 1.54) is 0 Å². The van der Waals surface area contributed by atoms with Crippen LogP contribution in [0, 0.1) is 6.92 Å². The Balaban J connectivity index is 1.39. The first-order valence-corrected chi connectivity index (χ1v) is 8.67. The van der Waals surface area contributed by atoms with Crippen LogP contribution in [-0.4, -0.2) is 37.6 Å². The zero-order chi connectivity index (χ0) is 17.9. The number of nitrogens with zero attached hydrogens (tertiary/aromatic N) is 5. The van der Waals surface area contributed by atoms with Gasteiger partial charge < -0.3 is 13.9 Å². The third-order valence-corrected chi connectivity index (χ3v) is 4.46. The zero-order valence-corrected chi connectivity index (χ0v) is 14.5. The summed E-state index contributed by atoms with van der Waals surface area (Å²) in [5, 5.41) is 7.86. The second-order valence-corrected chi connectivity index (χ2v) is 6.34. The number of hydrogen-bond donors (Lipinski definition) is 0. The minimum absolute atomic E-state index is 0.0320. The summed E-state index contributed by atoms with van der Waals surface area (Å²) in [6.45, 7) is 2.61. The number of carbonyl (C=O) groups is 1. The maximum Gasteiger partial charge on any atom is 0.227 e. The summed E-state index contributed by atoms with van der Waals surface area (Å²) in [7, 11) is 0. The Hall–Kier alpha value is -3.03. The number of rotatable bonds is 5. The Morgan fingerprint density at radius 3 is 3.00 bits per heavy atom. The first-order chi connectivity index (χ1) is 12.7. The number of aryl methyl sites for hydroxylation is 2. The zero-order valence-electron chi connectivity index (χ0n) is 14.5. The van der Waals surface area contributed by atoms with Crippen LogP contribution in [0.1, 0.15) is 42.6 Å². The highest BCUT2D eigenvalue weighted by Crippen LogP contribution is 2.32. The van der Waals surface area contributed by atoms with Crippen molar-refractivity contribution < 1.29 is 13.8 Å². The number of amides is 1. The molecule has 0 radical (unpaired) electrons. The second-order valence-electron chi connectivity index (χ2n) is 6.34. The Bertz CT molecular complexity index is 889. The van der Waals surface area contributed by atoms with Crippen LogP contribution in [-0.2, 0) is 11.2 Å². The smallest absolute Gasteiger partial charge is 0.227 e. The van der Waals surface area contributed by atoms with E-state index in [4.69, 9.17) is 9.05 Å². The second kappa shape index (κ2) is 7.07. The Kier molecular flexibility index (Phi) is 4.47. The number of aromatic nitrogens is 4. The van der Waals surface area contributed by atoms with Crippen molar-refractivity contribution in [2.24, 2.45) is 0 Å². The van der Waals surface area contributed by atoms with Crippen molar-refractivity contribution in [2.75, 3.05) is 6.54 Å². The first-order valence-electron chi connectivity index (χ1n) is 8.67. The van der Waals surface area contributed by atoms with Crippen LogP contribution in [0.4, 0.5) is 0 Å². The summed E-state index contributed by atoms with van der Waals surface area (Å²) >= 11 is 0. The van der Waals surface area contributed by atoms with Gasteiger partial charge in [0, 0.05) is 31.6 Å². The molecule has 0 N–H and O–H groups in total. The standard InChI is InChI=1S/C18H19N5O3/c1-12-11-15(25-21-12)14-6-4-10-23(14)17(24)8-7-16-20-18(22-26-16)13-5-2-3-9-19-13/h2-3,5,9,11,14H,4,6-8,10H2,1H3. The molecule has 0 aromatic carbocycles. The maximum atomic E-state index is 12.6. The van der Waals surface area contributed by atoms with Gasteiger partial charge in [-0.15, -0.1) is 0 Å². The van der Waals surface area contributed by atoms with Gasteiger partial charge in [0.05, 0.1) is 11.7 Å². The molecule has 8 heteroatoms. The summed E-state index contributed by atoms with van der Waals surface area (Å²) in [5.41, 5.74) is 1.47. The molecular formula is C18H19N5O3. The molecule has 0 aliphatic carbocycles. The number of pyridine rings is 1. The van der Waals surface area contributed by atoms with Crippen molar-refractivity contribution in [2.45, 2.75) is 38.6 Å². The molecule has 0 spiro atoms. The van der Waals surface area contributed by atoms with Crippen LogP contribution in [0.25, 0.3) is 11.5 Å². The van der Waals surface area contributed by atoms with Gasteiger partial charge in [0.2, 0.25) is 17.6 Å². The fourth-order valence-electron chi connectivity index (χ4n) is 3.21. The normalized spacial score (nSPS) is 17.0. The van der Waals surface area contributed by atoms with Crippen molar-refractivity contribution >= 4 is 5.91 Å². The fourth-order valence-corrected chi connectivity index (χ4v) is 3.21. The predicted molar refractivity (Wildman–Crippen MR) is 90.8 cm³/mol. The van der Waals surface area contributed by atoms with E-state index in [0.717, 1.165) is 30.8 Å². The Labute approximate surface area is 150 Å². The molecule has 0 bridgehead atoms. The third kappa shape index (κ3) is 3.35. The molecule has 1 unspecified atom stereocenters. The monoisotopic (exact) mass is 353 g/mol. The van der Waals surface area contributed by atoms with Gasteiger partial charge in [-0.3, -0.25) is 9.78 Å². The van der Waals surface area contributed by atoms with Crippen molar-refractivity contribution in [3.05, 3.63) is 47.8 Å². The van der Waals surface area contributed by atoms with E-state index in [2.05, 4.69) is 20.3 Å². The van der Waals surface area contributed by atoms with E-state index in [1.54, 1.807) is 6.20 Å². The fraction of sp³-hybridized carbons (Fsp3) is 0.389. The minimum Gasteiger partial charge on any atom is -0.359 e. The first kappa shape index (κ1) is 16.4. The van der Waals surface area contributed by atoms with Gasteiger partial charge in [0.15, 0.2) is 5.76 Å². The molecule has 1 saturated heterocycles. The maximum absolute atomic E-state index is 12.6. The van der Waals surface area contributed by atoms with E-state index in [9.17, 15) is 4.79 Å². The minimum atomic E-state index is -0.0320. The van der Waals surface area contributed by atoms with Crippen molar-refractivity contribution in [1.82, 2.24) is 25.2 Å². The molecular weight excluding hydrogens is 334 g/mol. The van der Waals surface area contributed by atoms with Crippen LogP contribution in [0.15, 0.2) is 39.5 Å². The van der Waals surface area contributed by atoms with E-state index in [0.29, 0.717) is 30.3 Å². The molecule has 4 heterocycles. The van der Waals surface area contributed by atoms with E-state index < -0.39 is 0 Å². The predicted octanol–water partition coefficient (Wildman–Crippen LogP) is 2.72. The molecule has 3 aromatic rings. The lowest BCUT2D eigenvalue weighted by molar-refractivity contribution is -0.132. The molecule has 1 aliphatic rings. The Morgan fingerprint density at radius 1 is 1.31 bits per heavy atom. The van der Waals surface area contributed by atoms with Crippen LogP contribution in [0.3, 0.4) is 0 Å². The quantitative estimate of drug-likeness (QED) is 0.695. The van der Waals surface area contributed by atoms with E-state index >= 15 is 0 Å². The topological polar surface area (TPSA) is 98.2 Å². The summed E-state index contributed by atoms with van der Waals surface area (Å²) in [5.74, 6) is 1.68. The molecule has 0 saturated carbocycles. The number of carbonyl (C=O) groups excluding carboxylic acids is 1. The summed E-state index contributed by atoms with van der Waals surface area (Å²) < 4.78 is 10.6. The molecule has 134 valence electrons. The lowest BCUT2D eigenvalue weighted by Crippen LogP contribution is -2.30. The Morgan fingerprint density at radius 2 is 2.23 bits per heavy atom. The van der Waals surface area contributed by atoms with Gasteiger partial charge in [0.1, 0.15) is 5.69 Å². The van der Waals surface area contributed by atoms with E-state index in [-0.39, 0.29) is 11.9 Å². The van der Waals surface area contributed by atoms with Crippen molar-refractivity contribution in [3.63, 3.8) is 0 Å². The SMILES string of the molecule is Cc1cc(C2CCCN2C(=O)CCc2nc(-c3ccccn3)no2)on1. The van der Waals surface area contributed by atoms with Gasteiger partial charge in [-0.2, -0.15) is 4.98 Å². The average Bonchev–Trinajstić information content (AvgIpc) is 3.40. The number of likely N-dealkylation sites (tertiary alicyclic amines) is 1. The summed E-state index contributed by atoms with van der Waals surface area (Å²) in [6, 6.07) is 7.36. The van der Waals surface area contributed by atoms with Crippen LogP contribution < -0.4 is 0 Å². The van der Waals surface area contributed by atoms with Gasteiger partial charge in [-0.05, 0) is 31.9 Å². The van der Waals surface area contributed by atoms with Crippen LogP contribution in [0.2, 0.25) is 0 Å². The molecule has 1 aliphatic heterocycles. The molecule has 8 nitrogen and oxygen atoms in total. The average molecular weight is 353 g/mol. The van der Waals surface area contributed by atoms with Crippen LogP contribution >= 0.6 is 0 Å². The molecule has 3 aromatic heterocycles. The third-order valence-electron chi connectivity index (χ3n) is 4.46. The summed E-state index contributed by atoms with van der Waals surface area (Å²) in [6.07, 6.45) is 4.24. The van der Waals surface area contributed by atoms with Gasteiger partial charge >= 0.3 is 0 Å².